The van der Waals surface area contributed by atoms with Gasteiger partial charge in [0.25, 0.3) is 5.89 Å². The lowest BCUT2D eigenvalue weighted by atomic mass is 10.4. The quantitative estimate of drug-likeness (QED) is 0.749. The van der Waals surface area contributed by atoms with Crippen LogP contribution in [0.3, 0.4) is 0 Å². The molecule has 0 unspecified atom stereocenters. The lowest BCUT2D eigenvalue weighted by Crippen LogP contribution is -1.81. The molecule has 0 radical (unpaired) electrons. The first-order valence-electron chi connectivity index (χ1n) is 4.26. The molecule has 0 aromatic carbocycles. The molecule has 0 bridgehead atoms. The van der Waals surface area contributed by atoms with Crippen molar-refractivity contribution in [2.24, 2.45) is 0 Å². The van der Waals surface area contributed by atoms with Gasteiger partial charge in [-0.2, -0.15) is 4.98 Å². The maximum absolute atomic E-state index is 5.08. The molecule has 66 valence electrons. The maximum Gasteiger partial charge on any atom is 0.275 e. The summed E-state index contributed by atoms with van der Waals surface area (Å²) in [5, 5.41) is 3.90. The highest BCUT2D eigenvalue weighted by Crippen LogP contribution is 2.38. The summed E-state index contributed by atoms with van der Waals surface area (Å²) in [6.07, 6.45) is 5.63. The number of nitrogens with zero attached hydrogens (tertiary/aromatic N) is 3. The van der Waals surface area contributed by atoms with Crippen molar-refractivity contribution in [2.75, 3.05) is 0 Å². The normalized spacial score (nSPS) is 16.3. The molecule has 1 aliphatic carbocycles. The van der Waals surface area contributed by atoms with Crippen LogP contribution in [0.15, 0.2) is 17.0 Å². The smallest absolute Gasteiger partial charge is 0.275 e. The Morgan fingerprint density at radius 3 is 3.08 bits per heavy atom. The third kappa shape index (κ3) is 1.12. The Labute approximate surface area is 74.2 Å². The fourth-order valence-electron chi connectivity index (χ4n) is 1.22. The molecule has 5 nitrogen and oxygen atoms in total. The minimum atomic E-state index is 0.527. The first kappa shape index (κ1) is 6.82. The summed E-state index contributed by atoms with van der Waals surface area (Å²) in [7, 11) is 0. The van der Waals surface area contributed by atoms with Crippen molar-refractivity contribution in [2.45, 2.75) is 18.8 Å². The molecule has 2 heterocycles. The lowest BCUT2D eigenvalue weighted by molar-refractivity contribution is 0.421. The molecular formula is C8H8N4O. The molecule has 3 rings (SSSR count). The molecule has 0 saturated heterocycles. The van der Waals surface area contributed by atoms with Crippen molar-refractivity contribution in [3.05, 3.63) is 18.3 Å². The molecule has 0 aliphatic heterocycles. The Bertz CT molecular complexity index is 401. The van der Waals surface area contributed by atoms with E-state index in [9.17, 15) is 0 Å². The average Bonchev–Trinajstić information content (AvgIpc) is 2.72. The van der Waals surface area contributed by atoms with Gasteiger partial charge in [0.15, 0.2) is 5.82 Å². The van der Waals surface area contributed by atoms with Gasteiger partial charge >= 0.3 is 0 Å². The zero-order chi connectivity index (χ0) is 8.67. The van der Waals surface area contributed by atoms with Gasteiger partial charge in [-0.25, -0.2) is 4.98 Å². The van der Waals surface area contributed by atoms with Gasteiger partial charge in [0, 0.05) is 5.92 Å². The van der Waals surface area contributed by atoms with E-state index in [-0.39, 0.29) is 0 Å². The van der Waals surface area contributed by atoms with Gasteiger partial charge < -0.3 is 9.51 Å². The van der Waals surface area contributed by atoms with Gasteiger partial charge in [0.05, 0.1) is 12.5 Å². The molecular weight excluding hydrogens is 168 g/mol. The van der Waals surface area contributed by atoms with Crippen molar-refractivity contribution in [1.29, 1.82) is 0 Å². The van der Waals surface area contributed by atoms with Crippen molar-refractivity contribution >= 4 is 0 Å². The van der Waals surface area contributed by atoms with Crippen LogP contribution in [0.25, 0.3) is 11.6 Å². The van der Waals surface area contributed by atoms with Crippen LogP contribution < -0.4 is 0 Å². The maximum atomic E-state index is 5.08. The monoisotopic (exact) mass is 176 g/mol. The number of nitrogens with one attached hydrogen (secondary N) is 1. The topological polar surface area (TPSA) is 67.6 Å². The van der Waals surface area contributed by atoms with Crippen LogP contribution in [0.2, 0.25) is 0 Å². The Morgan fingerprint density at radius 2 is 2.38 bits per heavy atom. The minimum absolute atomic E-state index is 0.527. The van der Waals surface area contributed by atoms with Crippen LogP contribution in [0.5, 0.6) is 0 Å². The van der Waals surface area contributed by atoms with Gasteiger partial charge in [-0.3, -0.25) is 0 Å². The predicted octanol–water partition coefficient (Wildman–Crippen LogP) is 1.34. The second kappa shape index (κ2) is 2.42. The fraction of sp³-hybridized carbons (Fsp3) is 0.375. The Morgan fingerprint density at radius 1 is 1.46 bits per heavy atom. The summed E-state index contributed by atoms with van der Waals surface area (Å²) >= 11 is 0. The molecule has 0 spiro atoms. The van der Waals surface area contributed by atoms with E-state index >= 15 is 0 Å². The molecule has 13 heavy (non-hydrogen) atoms. The molecule has 1 fully saturated rings. The number of H-pyrrole nitrogens is 1. The van der Waals surface area contributed by atoms with E-state index in [1.165, 1.54) is 12.8 Å². The van der Waals surface area contributed by atoms with E-state index in [1.807, 2.05) is 0 Å². The molecule has 1 saturated carbocycles. The third-order valence-electron chi connectivity index (χ3n) is 2.11. The summed E-state index contributed by atoms with van der Waals surface area (Å²) < 4.78 is 5.08. The molecule has 0 atom stereocenters. The van der Waals surface area contributed by atoms with Gasteiger partial charge in [-0.15, -0.1) is 0 Å². The van der Waals surface area contributed by atoms with E-state index < -0.39 is 0 Å². The predicted molar refractivity (Wildman–Crippen MR) is 43.9 cm³/mol. The summed E-state index contributed by atoms with van der Waals surface area (Å²) in [6, 6.07) is 0. The standard InChI is InChI=1S/C8H8N4O/c1-2-5(1)7-11-8(13-12-7)6-3-9-4-10-6/h3-5H,1-2H2,(H,9,10). The highest BCUT2D eigenvalue weighted by Gasteiger charge is 2.29. The summed E-state index contributed by atoms with van der Waals surface area (Å²) in [6.45, 7) is 0. The van der Waals surface area contributed by atoms with E-state index in [0.29, 0.717) is 11.8 Å². The van der Waals surface area contributed by atoms with Crippen molar-refractivity contribution in [3.8, 4) is 11.6 Å². The number of aromatic nitrogens is 4. The van der Waals surface area contributed by atoms with E-state index in [4.69, 9.17) is 4.52 Å². The summed E-state index contributed by atoms with van der Waals surface area (Å²) in [4.78, 5) is 11.1. The molecule has 5 heteroatoms. The largest absolute Gasteiger partial charge is 0.341 e. The van der Waals surface area contributed by atoms with Gasteiger partial charge in [0.2, 0.25) is 0 Å². The zero-order valence-electron chi connectivity index (χ0n) is 6.90. The highest BCUT2D eigenvalue weighted by molar-refractivity contribution is 5.44. The number of imidazole rings is 1. The van der Waals surface area contributed by atoms with Crippen molar-refractivity contribution in [1.82, 2.24) is 20.1 Å². The second-order valence-electron chi connectivity index (χ2n) is 3.20. The molecule has 2 aromatic heterocycles. The fourth-order valence-corrected chi connectivity index (χ4v) is 1.22. The van der Waals surface area contributed by atoms with Crippen LogP contribution in [-0.4, -0.2) is 20.1 Å². The number of rotatable bonds is 2. The van der Waals surface area contributed by atoms with Gasteiger partial charge in [-0.1, -0.05) is 5.16 Å². The Hall–Kier alpha value is -1.65. The molecule has 2 aromatic rings. The van der Waals surface area contributed by atoms with Crippen molar-refractivity contribution in [3.63, 3.8) is 0 Å². The van der Waals surface area contributed by atoms with Crippen molar-refractivity contribution < 1.29 is 4.52 Å². The summed E-state index contributed by atoms with van der Waals surface area (Å²) in [5.41, 5.74) is 0.777. The number of aromatic amines is 1. The van der Waals surface area contributed by atoms with Gasteiger partial charge in [-0.05, 0) is 12.8 Å². The van der Waals surface area contributed by atoms with Crippen LogP contribution in [0, 0.1) is 0 Å². The van der Waals surface area contributed by atoms with E-state index in [1.54, 1.807) is 12.5 Å². The molecule has 1 N–H and O–H groups in total. The van der Waals surface area contributed by atoms with Crippen LogP contribution in [0.4, 0.5) is 0 Å². The van der Waals surface area contributed by atoms with Gasteiger partial charge in [0.1, 0.15) is 5.69 Å². The van der Waals surface area contributed by atoms with Crippen LogP contribution in [-0.2, 0) is 0 Å². The Kier molecular flexibility index (Phi) is 1.27. The van der Waals surface area contributed by atoms with E-state index in [2.05, 4.69) is 20.1 Å². The SMILES string of the molecule is c1ncc(-c2nc(C3CC3)no2)[nH]1. The third-order valence-corrected chi connectivity index (χ3v) is 2.11. The molecule has 0 amide bonds. The highest BCUT2D eigenvalue weighted by atomic mass is 16.5. The zero-order valence-corrected chi connectivity index (χ0v) is 6.90. The summed E-state index contributed by atoms with van der Waals surface area (Å²) in [5.74, 6) is 1.88. The van der Waals surface area contributed by atoms with Crippen LogP contribution >= 0.6 is 0 Å². The first-order valence-corrected chi connectivity index (χ1v) is 4.26. The minimum Gasteiger partial charge on any atom is -0.341 e. The van der Waals surface area contributed by atoms with Crippen LogP contribution in [0.1, 0.15) is 24.6 Å². The lowest BCUT2D eigenvalue weighted by Gasteiger charge is -1.82. The average molecular weight is 176 g/mol. The van der Waals surface area contributed by atoms with E-state index in [0.717, 1.165) is 11.5 Å². The number of hydrogen-bond acceptors (Lipinski definition) is 4. The second-order valence-corrected chi connectivity index (χ2v) is 3.20. The first-order chi connectivity index (χ1) is 6.43. The number of hydrogen-bond donors (Lipinski definition) is 1. The Balaban J connectivity index is 1.97. The molecule has 1 aliphatic rings.